The third kappa shape index (κ3) is 2.54. The van der Waals surface area contributed by atoms with Gasteiger partial charge in [-0.15, -0.1) is 0 Å². The summed E-state index contributed by atoms with van der Waals surface area (Å²) in [7, 11) is 0. The van der Waals surface area contributed by atoms with E-state index in [4.69, 9.17) is 5.73 Å². The molecule has 4 saturated carbocycles. The quantitative estimate of drug-likeness (QED) is 0.892. The van der Waals surface area contributed by atoms with Crippen LogP contribution in [-0.2, 0) is 6.54 Å². The second-order valence-corrected chi connectivity index (χ2v) is 8.26. The molecule has 2 N–H and O–H groups in total. The topological polar surface area (TPSA) is 43.8 Å². The monoisotopic (exact) mass is 287 g/mol. The van der Waals surface area contributed by atoms with Crippen molar-refractivity contribution in [2.75, 3.05) is 0 Å². The molecule has 1 heterocycles. The molecule has 3 nitrogen and oxygen atoms in total. The zero-order valence-corrected chi connectivity index (χ0v) is 13.3. The van der Waals surface area contributed by atoms with E-state index in [-0.39, 0.29) is 6.04 Å². The van der Waals surface area contributed by atoms with Crippen molar-refractivity contribution in [2.24, 2.45) is 28.9 Å². The van der Waals surface area contributed by atoms with Crippen molar-refractivity contribution in [3.05, 3.63) is 18.0 Å². The van der Waals surface area contributed by atoms with Gasteiger partial charge in [0.15, 0.2) is 0 Å². The van der Waals surface area contributed by atoms with Crippen LogP contribution in [0.2, 0.25) is 0 Å². The summed E-state index contributed by atoms with van der Waals surface area (Å²) in [6.07, 6.45) is 15.4. The van der Waals surface area contributed by atoms with Crippen LogP contribution in [0.3, 0.4) is 0 Å². The summed E-state index contributed by atoms with van der Waals surface area (Å²) >= 11 is 0. The summed E-state index contributed by atoms with van der Waals surface area (Å²) in [5.74, 6) is 3.06. The summed E-state index contributed by atoms with van der Waals surface area (Å²) in [4.78, 5) is 0. The molecule has 0 aliphatic heterocycles. The molecule has 1 aromatic heterocycles. The molecular weight excluding hydrogens is 258 g/mol. The standard InChI is InChI=1S/C18H29N3/c1-2-3-21-12-16(11-20-21)17(19)10-18-7-13-4-14(8-18)6-15(5-13)9-18/h11-15,17H,2-10,19H2,1H3. The van der Waals surface area contributed by atoms with Gasteiger partial charge in [-0.3, -0.25) is 4.68 Å². The number of aryl methyl sites for hydroxylation is 1. The zero-order valence-electron chi connectivity index (χ0n) is 13.3. The maximum absolute atomic E-state index is 6.57. The SMILES string of the molecule is CCCn1cc(C(N)CC23CC4CC(CC(C4)C2)C3)cn1. The van der Waals surface area contributed by atoms with Gasteiger partial charge >= 0.3 is 0 Å². The van der Waals surface area contributed by atoms with Crippen LogP contribution in [-0.4, -0.2) is 9.78 Å². The number of nitrogens with zero attached hydrogens (tertiary/aromatic N) is 2. The summed E-state index contributed by atoms with van der Waals surface area (Å²) in [5.41, 5.74) is 8.39. The van der Waals surface area contributed by atoms with E-state index >= 15 is 0 Å². The molecule has 21 heavy (non-hydrogen) atoms. The summed E-state index contributed by atoms with van der Waals surface area (Å²) in [5, 5.41) is 4.46. The number of aromatic nitrogens is 2. The van der Waals surface area contributed by atoms with Crippen molar-refractivity contribution in [2.45, 2.75) is 70.9 Å². The van der Waals surface area contributed by atoms with Crippen molar-refractivity contribution in [3.8, 4) is 0 Å². The smallest absolute Gasteiger partial charge is 0.0537 e. The summed E-state index contributed by atoms with van der Waals surface area (Å²) in [6.45, 7) is 3.20. The van der Waals surface area contributed by atoms with Crippen molar-refractivity contribution in [1.82, 2.24) is 9.78 Å². The lowest BCUT2D eigenvalue weighted by molar-refractivity contribution is -0.0605. The van der Waals surface area contributed by atoms with E-state index in [2.05, 4.69) is 22.9 Å². The molecule has 4 aliphatic carbocycles. The van der Waals surface area contributed by atoms with Gasteiger partial charge < -0.3 is 5.73 Å². The molecule has 1 aromatic rings. The van der Waals surface area contributed by atoms with Gasteiger partial charge in [-0.05, 0) is 74.5 Å². The van der Waals surface area contributed by atoms with E-state index in [1.54, 1.807) is 0 Å². The molecule has 0 aromatic carbocycles. The Balaban J connectivity index is 1.47. The van der Waals surface area contributed by atoms with E-state index in [0.717, 1.165) is 30.7 Å². The first-order chi connectivity index (χ1) is 10.2. The van der Waals surface area contributed by atoms with E-state index in [1.807, 2.05) is 6.20 Å². The van der Waals surface area contributed by atoms with Crippen LogP contribution >= 0.6 is 0 Å². The Hall–Kier alpha value is -0.830. The lowest BCUT2D eigenvalue weighted by atomic mass is 9.48. The van der Waals surface area contributed by atoms with Crippen LogP contribution in [0, 0.1) is 23.2 Å². The molecule has 4 fully saturated rings. The molecule has 0 amide bonds. The van der Waals surface area contributed by atoms with Gasteiger partial charge in [0.05, 0.1) is 6.20 Å². The first kappa shape index (κ1) is 13.8. The van der Waals surface area contributed by atoms with Crippen LogP contribution in [0.5, 0.6) is 0 Å². The fourth-order valence-corrected chi connectivity index (χ4v) is 6.05. The van der Waals surface area contributed by atoms with Gasteiger partial charge in [0.2, 0.25) is 0 Å². The molecule has 1 unspecified atom stereocenters. The average molecular weight is 287 g/mol. The maximum atomic E-state index is 6.57. The second kappa shape index (κ2) is 5.12. The van der Waals surface area contributed by atoms with E-state index in [1.165, 1.54) is 50.5 Å². The highest BCUT2D eigenvalue weighted by atomic mass is 15.3. The molecule has 0 spiro atoms. The molecule has 4 bridgehead atoms. The minimum Gasteiger partial charge on any atom is -0.324 e. The minimum absolute atomic E-state index is 0.187. The molecule has 0 saturated heterocycles. The van der Waals surface area contributed by atoms with Crippen molar-refractivity contribution in [1.29, 1.82) is 0 Å². The Morgan fingerprint density at radius 2 is 1.86 bits per heavy atom. The Bertz CT molecular complexity index is 469. The fourth-order valence-electron chi connectivity index (χ4n) is 6.05. The van der Waals surface area contributed by atoms with Crippen molar-refractivity contribution < 1.29 is 0 Å². The normalized spacial score (nSPS) is 38.9. The predicted molar refractivity (Wildman–Crippen MR) is 84.7 cm³/mol. The average Bonchev–Trinajstić information content (AvgIpc) is 2.85. The molecule has 5 rings (SSSR count). The summed E-state index contributed by atoms with van der Waals surface area (Å²) in [6, 6.07) is 0.187. The summed E-state index contributed by atoms with van der Waals surface area (Å²) < 4.78 is 2.05. The first-order valence-electron chi connectivity index (χ1n) is 8.94. The Morgan fingerprint density at radius 1 is 1.24 bits per heavy atom. The Kier molecular flexibility index (Phi) is 3.36. The van der Waals surface area contributed by atoms with Crippen LogP contribution in [0.25, 0.3) is 0 Å². The van der Waals surface area contributed by atoms with Gasteiger partial charge in [-0.25, -0.2) is 0 Å². The second-order valence-electron chi connectivity index (χ2n) is 8.26. The molecule has 4 aliphatic rings. The maximum Gasteiger partial charge on any atom is 0.0537 e. The lowest BCUT2D eigenvalue weighted by Gasteiger charge is -2.57. The van der Waals surface area contributed by atoms with Gasteiger partial charge in [-0.1, -0.05) is 6.92 Å². The van der Waals surface area contributed by atoms with Gasteiger partial charge in [0, 0.05) is 24.3 Å². The number of hydrogen-bond donors (Lipinski definition) is 1. The Labute approximate surface area is 128 Å². The highest BCUT2D eigenvalue weighted by Gasteiger charge is 2.51. The molecule has 0 radical (unpaired) electrons. The van der Waals surface area contributed by atoms with E-state index in [0.29, 0.717) is 5.41 Å². The minimum atomic E-state index is 0.187. The van der Waals surface area contributed by atoms with Gasteiger partial charge in [0.25, 0.3) is 0 Å². The van der Waals surface area contributed by atoms with Gasteiger partial charge in [0.1, 0.15) is 0 Å². The number of hydrogen-bond acceptors (Lipinski definition) is 2. The molecular formula is C18H29N3. The van der Waals surface area contributed by atoms with Crippen LogP contribution < -0.4 is 5.73 Å². The molecule has 3 heteroatoms. The number of nitrogens with two attached hydrogens (primary N) is 1. The first-order valence-corrected chi connectivity index (χ1v) is 8.94. The molecule has 1 atom stereocenters. The fraction of sp³-hybridized carbons (Fsp3) is 0.833. The third-order valence-corrected chi connectivity index (χ3v) is 6.35. The molecule has 116 valence electrons. The highest BCUT2D eigenvalue weighted by Crippen LogP contribution is 2.62. The van der Waals surface area contributed by atoms with Crippen molar-refractivity contribution in [3.63, 3.8) is 0 Å². The van der Waals surface area contributed by atoms with Crippen LogP contribution in [0.4, 0.5) is 0 Å². The van der Waals surface area contributed by atoms with Crippen molar-refractivity contribution >= 4 is 0 Å². The highest BCUT2D eigenvalue weighted by molar-refractivity contribution is 5.12. The third-order valence-electron chi connectivity index (χ3n) is 6.35. The Morgan fingerprint density at radius 3 is 2.43 bits per heavy atom. The van der Waals surface area contributed by atoms with Crippen LogP contribution in [0.1, 0.15) is 69.9 Å². The van der Waals surface area contributed by atoms with Gasteiger partial charge in [-0.2, -0.15) is 5.10 Å². The van der Waals surface area contributed by atoms with E-state index < -0.39 is 0 Å². The van der Waals surface area contributed by atoms with E-state index in [9.17, 15) is 0 Å². The number of rotatable bonds is 5. The lowest BCUT2D eigenvalue weighted by Crippen LogP contribution is -2.47. The van der Waals surface area contributed by atoms with Crippen LogP contribution in [0.15, 0.2) is 12.4 Å². The zero-order chi connectivity index (χ0) is 14.4. The predicted octanol–water partition coefficient (Wildman–Crippen LogP) is 3.90. The largest absolute Gasteiger partial charge is 0.324 e.